The van der Waals surface area contributed by atoms with Gasteiger partial charge in [-0.25, -0.2) is 9.50 Å². The van der Waals surface area contributed by atoms with Crippen LogP contribution in [0, 0.1) is 0 Å². The number of aromatic nitrogens is 3. The van der Waals surface area contributed by atoms with Crippen LogP contribution in [0.2, 0.25) is 0 Å². The van der Waals surface area contributed by atoms with E-state index in [0.29, 0.717) is 23.7 Å². The molecule has 0 N–H and O–H groups in total. The van der Waals surface area contributed by atoms with Crippen molar-refractivity contribution in [1.82, 2.24) is 14.6 Å². The molecule has 0 aliphatic carbocycles. The van der Waals surface area contributed by atoms with Crippen LogP contribution in [0.4, 0.5) is 0 Å². The van der Waals surface area contributed by atoms with Crippen LogP contribution < -0.4 is 9.47 Å². The number of benzene rings is 2. The maximum Gasteiger partial charge on any atom is 0.210 e. The number of carbonyl (C=O) groups is 1. The Labute approximate surface area is 216 Å². The van der Waals surface area contributed by atoms with Gasteiger partial charge in [0.15, 0.2) is 11.2 Å². The molecule has 2 aromatic carbocycles. The van der Waals surface area contributed by atoms with E-state index in [1.165, 1.54) is 0 Å². The highest BCUT2D eigenvalue weighted by molar-refractivity contribution is 14.1. The van der Waals surface area contributed by atoms with E-state index in [1.54, 1.807) is 25.5 Å². The van der Waals surface area contributed by atoms with Crippen molar-refractivity contribution in [2.45, 2.75) is 30.5 Å². The minimum atomic E-state index is -0.936. The van der Waals surface area contributed by atoms with Gasteiger partial charge >= 0.3 is 0 Å². The van der Waals surface area contributed by atoms with Gasteiger partial charge in [0.05, 0.1) is 30.3 Å². The third-order valence-electron chi connectivity index (χ3n) is 5.80. The summed E-state index contributed by atoms with van der Waals surface area (Å²) in [6, 6.07) is 18.9. The SMILES string of the molecule is COc1ccc(C2=C(c3ccc(OCc4cn5nc(CI)ccc5n4)cc3)C(=O)C(C)(C)O2)cc1. The lowest BCUT2D eigenvalue weighted by molar-refractivity contribution is -0.125. The molecule has 3 heterocycles. The van der Waals surface area contributed by atoms with E-state index in [2.05, 4.69) is 32.7 Å². The lowest BCUT2D eigenvalue weighted by Gasteiger charge is -2.17. The standard InChI is InChI=1S/C27H24IN3O4/c1-27(2)26(32)24(25(35-27)18-6-9-21(33-3)10-7-18)17-4-11-22(12-5-17)34-16-20-15-31-23(29-20)13-8-19(14-28)30-31/h4-13,15H,14,16H2,1-3H3. The second-order valence-corrected chi connectivity index (χ2v) is 9.44. The van der Waals surface area contributed by atoms with Crippen LogP contribution in [0.25, 0.3) is 17.0 Å². The fraction of sp³-hybridized carbons (Fsp3) is 0.222. The van der Waals surface area contributed by atoms with Gasteiger partial charge in [0.25, 0.3) is 0 Å². The molecule has 178 valence electrons. The molecule has 0 atom stereocenters. The zero-order valence-corrected chi connectivity index (χ0v) is 21.8. The van der Waals surface area contributed by atoms with Crippen LogP contribution in [0.1, 0.15) is 36.4 Å². The Kier molecular flexibility index (Phi) is 6.22. The van der Waals surface area contributed by atoms with Gasteiger partial charge in [0.2, 0.25) is 5.78 Å². The average molecular weight is 581 g/mol. The zero-order valence-electron chi connectivity index (χ0n) is 19.6. The Balaban J connectivity index is 1.37. The average Bonchev–Trinajstić information content (AvgIpc) is 3.40. The number of alkyl halides is 1. The monoisotopic (exact) mass is 581 g/mol. The van der Waals surface area contributed by atoms with Crippen LogP contribution in [-0.4, -0.2) is 33.1 Å². The minimum Gasteiger partial charge on any atom is -0.497 e. The van der Waals surface area contributed by atoms with Crippen molar-refractivity contribution in [3.05, 3.63) is 89.4 Å². The molecule has 1 aliphatic rings. The van der Waals surface area contributed by atoms with Crippen molar-refractivity contribution >= 4 is 45.4 Å². The summed E-state index contributed by atoms with van der Waals surface area (Å²) in [4.78, 5) is 17.8. The smallest absolute Gasteiger partial charge is 0.210 e. The normalized spacial score (nSPS) is 14.9. The van der Waals surface area contributed by atoms with E-state index in [0.717, 1.165) is 38.3 Å². The molecular formula is C27H24IN3O4. The number of fused-ring (bicyclic) bond motifs is 1. The predicted molar refractivity (Wildman–Crippen MR) is 141 cm³/mol. The topological polar surface area (TPSA) is 75.0 Å². The van der Waals surface area contributed by atoms with E-state index in [-0.39, 0.29) is 5.78 Å². The molecule has 2 aromatic heterocycles. The molecule has 0 fully saturated rings. The molecule has 0 amide bonds. The van der Waals surface area contributed by atoms with Crippen LogP contribution in [0.3, 0.4) is 0 Å². The third kappa shape index (κ3) is 4.62. The second-order valence-electron chi connectivity index (χ2n) is 8.68. The lowest BCUT2D eigenvalue weighted by Crippen LogP contribution is -2.29. The zero-order chi connectivity index (χ0) is 24.6. The molecule has 0 bridgehead atoms. The molecule has 0 radical (unpaired) electrons. The molecule has 0 saturated carbocycles. The van der Waals surface area contributed by atoms with Crippen molar-refractivity contribution in [3.8, 4) is 11.5 Å². The van der Waals surface area contributed by atoms with Crippen LogP contribution in [0.15, 0.2) is 66.9 Å². The maximum atomic E-state index is 13.2. The van der Waals surface area contributed by atoms with E-state index in [4.69, 9.17) is 14.2 Å². The van der Waals surface area contributed by atoms with Crippen molar-refractivity contribution in [2.75, 3.05) is 7.11 Å². The first-order valence-electron chi connectivity index (χ1n) is 11.1. The largest absolute Gasteiger partial charge is 0.497 e. The molecule has 4 aromatic rings. The van der Waals surface area contributed by atoms with E-state index in [9.17, 15) is 4.79 Å². The Morgan fingerprint density at radius 1 is 0.943 bits per heavy atom. The summed E-state index contributed by atoms with van der Waals surface area (Å²) in [7, 11) is 1.62. The molecule has 0 saturated heterocycles. The molecular weight excluding hydrogens is 557 g/mol. The highest BCUT2D eigenvalue weighted by Crippen LogP contribution is 2.41. The second kappa shape index (κ2) is 9.33. The Morgan fingerprint density at radius 2 is 1.63 bits per heavy atom. The van der Waals surface area contributed by atoms with Gasteiger partial charge in [-0.15, -0.1) is 0 Å². The molecule has 8 heteroatoms. The van der Waals surface area contributed by atoms with E-state index >= 15 is 0 Å². The van der Waals surface area contributed by atoms with E-state index < -0.39 is 5.60 Å². The number of carbonyl (C=O) groups excluding carboxylic acids is 1. The Hall–Kier alpha value is -3.40. The van der Waals surface area contributed by atoms with Gasteiger partial charge < -0.3 is 14.2 Å². The third-order valence-corrected chi connectivity index (χ3v) is 6.58. The number of hydrogen-bond donors (Lipinski definition) is 0. The molecule has 7 nitrogen and oxygen atoms in total. The minimum absolute atomic E-state index is 0.0555. The van der Waals surface area contributed by atoms with Crippen molar-refractivity contribution in [1.29, 1.82) is 0 Å². The summed E-state index contributed by atoms with van der Waals surface area (Å²) in [6.07, 6.45) is 1.88. The van der Waals surface area contributed by atoms with Gasteiger partial charge in [0, 0.05) is 9.99 Å². The lowest BCUT2D eigenvalue weighted by atomic mass is 9.92. The highest BCUT2D eigenvalue weighted by Gasteiger charge is 2.42. The molecule has 0 spiro atoms. The number of halogens is 1. The fourth-order valence-electron chi connectivity index (χ4n) is 3.95. The van der Waals surface area contributed by atoms with Gasteiger partial charge in [-0.3, -0.25) is 4.79 Å². The first-order chi connectivity index (χ1) is 16.9. The van der Waals surface area contributed by atoms with Crippen molar-refractivity contribution in [3.63, 3.8) is 0 Å². The van der Waals surface area contributed by atoms with Crippen LogP contribution in [0.5, 0.6) is 11.5 Å². The number of rotatable bonds is 7. The summed E-state index contributed by atoms with van der Waals surface area (Å²) in [6.45, 7) is 3.89. The number of hydrogen-bond acceptors (Lipinski definition) is 6. The van der Waals surface area contributed by atoms with Gasteiger partial charge in [0.1, 0.15) is 23.9 Å². The number of ketones is 1. The number of methoxy groups -OCH3 is 1. The summed E-state index contributed by atoms with van der Waals surface area (Å²) in [5.41, 5.74) is 3.80. The fourth-order valence-corrected chi connectivity index (χ4v) is 4.36. The summed E-state index contributed by atoms with van der Waals surface area (Å²) >= 11 is 2.29. The number of nitrogens with zero attached hydrogens (tertiary/aromatic N) is 3. The first-order valence-corrected chi connectivity index (χ1v) is 12.7. The van der Waals surface area contributed by atoms with E-state index in [1.807, 2.05) is 66.9 Å². The number of Topliss-reactive ketones (excluding diaryl/α,β-unsaturated/α-hetero) is 1. The molecule has 0 unspecified atom stereocenters. The van der Waals surface area contributed by atoms with Gasteiger partial charge in [-0.2, -0.15) is 5.10 Å². The Bertz CT molecular complexity index is 1420. The molecule has 5 rings (SSSR count). The van der Waals surface area contributed by atoms with Gasteiger partial charge in [-0.1, -0.05) is 34.7 Å². The first kappa shape index (κ1) is 23.3. The highest BCUT2D eigenvalue weighted by atomic mass is 127. The summed E-state index contributed by atoms with van der Waals surface area (Å²) in [5, 5.41) is 4.52. The summed E-state index contributed by atoms with van der Waals surface area (Å²) < 4.78 is 19.9. The number of ether oxygens (including phenoxy) is 3. The molecule has 1 aliphatic heterocycles. The predicted octanol–water partition coefficient (Wildman–Crippen LogP) is 5.50. The van der Waals surface area contributed by atoms with Gasteiger partial charge in [-0.05, 0) is 67.9 Å². The van der Waals surface area contributed by atoms with Crippen LogP contribution in [-0.2, 0) is 20.6 Å². The van der Waals surface area contributed by atoms with Crippen molar-refractivity contribution < 1.29 is 19.0 Å². The summed E-state index contributed by atoms with van der Waals surface area (Å²) in [5.74, 6) is 1.94. The maximum absolute atomic E-state index is 13.2. The Morgan fingerprint density at radius 3 is 2.31 bits per heavy atom. The van der Waals surface area contributed by atoms with Crippen molar-refractivity contribution in [2.24, 2.45) is 0 Å². The number of imidazole rings is 1. The van der Waals surface area contributed by atoms with Crippen LogP contribution >= 0.6 is 22.6 Å². The quantitative estimate of drug-likeness (QED) is 0.212. The molecule has 35 heavy (non-hydrogen) atoms.